The van der Waals surface area contributed by atoms with Crippen LogP contribution in [0.4, 0.5) is 34.1 Å². The molecule has 0 saturated heterocycles. The normalized spacial score (nSPS) is 15.3. The molecule has 1 fully saturated rings. The van der Waals surface area contributed by atoms with Crippen LogP contribution in [0.2, 0.25) is 0 Å². The van der Waals surface area contributed by atoms with Crippen LogP contribution in [0.3, 0.4) is 0 Å². The second-order valence-corrected chi connectivity index (χ2v) is 26.3. The Bertz CT molecular complexity index is 5240. The molecule has 16 rings (SSSR count). The molecule has 4 atom stereocenters. The van der Waals surface area contributed by atoms with Crippen LogP contribution in [0, 0.1) is 0 Å². The summed E-state index contributed by atoms with van der Waals surface area (Å²) in [6.45, 7) is -0.174. The Balaban J connectivity index is 0.762. The van der Waals surface area contributed by atoms with Gasteiger partial charge in [0.1, 0.15) is 23.5 Å². The van der Waals surface area contributed by atoms with Crippen molar-refractivity contribution in [1.82, 2.24) is 0 Å². The lowest BCUT2D eigenvalue weighted by atomic mass is 9.52. The number of hydrogen-bond acceptors (Lipinski definition) is 8. The monoisotopic (exact) mass is 1350 g/mol. The number of carbonyl (C=O) groups excluding carboxylic acids is 1. The first-order valence-electron chi connectivity index (χ1n) is 35.0. The summed E-state index contributed by atoms with van der Waals surface area (Å²) in [4.78, 5) is 19.4. The van der Waals surface area contributed by atoms with Gasteiger partial charge in [0.25, 0.3) is 0 Å². The highest BCUT2D eigenvalue weighted by Crippen LogP contribution is 2.58. The van der Waals surface area contributed by atoms with E-state index >= 15 is 4.79 Å². The number of nitrogens with zero attached hydrogens (tertiary/aromatic N) is 2. The summed E-state index contributed by atoms with van der Waals surface area (Å²) >= 11 is 0. The van der Waals surface area contributed by atoms with Crippen LogP contribution < -0.4 is 9.80 Å². The fraction of sp³-hybridized carbons (Fsp3) is 0.0521. The largest absolute Gasteiger partial charge is 0.508 e. The van der Waals surface area contributed by atoms with Gasteiger partial charge in [-0.25, -0.2) is 0 Å². The fourth-order valence-corrected chi connectivity index (χ4v) is 15.1. The summed E-state index contributed by atoms with van der Waals surface area (Å²) < 4.78 is 6.11. The van der Waals surface area contributed by atoms with Crippen LogP contribution in [-0.4, -0.2) is 38.6 Å². The molecule has 0 aliphatic heterocycles. The van der Waals surface area contributed by atoms with E-state index in [0.29, 0.717) is 16.9 Å². The highest BCUT2D eigenvalue weighted by molar-refractivity contribution is 5.93. The third-order valence-corrected chi connectivity index (χ3v) is 20.3. The number of ether oxygens (including phenoxy) is 1. The van der Waals surface area contributed by atoms with Crippen LogP contribution in [0.25, 0.3) is 89.0 Å². The van der Waals surface area contributed by atoms with Gasteiger partial charge in [-0.3, -0.25) is 4.79 Å². The van der Waals surface area contributed by atoms with Crippen LogP contribution >= 0.6 is 0 Å². The molecular formula is C96H72N2O6. The maximum absolute atomic E-state index is 15.3. The van der Waals surface area contributed by atoms with E-state index in [1.165, 1.54) is 0 Å². The van der Waals surface area contributed by atoms with Gasteiger partial charge >= 0.3 is 5.97 Å². The first kappa shape index (κ1) is 65.5. The van der Waals surface area contributed by atoms with Gasteiger partial charge in [-0.1, -0.05) is 309 Å². The number of aliphatic hydroxyl groups excluding tert-OH is 2. The van der Waals surface area contributed by atoms with Crippen molar-refractivity contribution in [2.45, 2.75) is 30.1 Å². The van der Waals surface area contributed by atoms with Gasteiger partial charge in [-0.2, -0.15) is 0 Å². The number of esters is 1. The number of phenolic OH excluding ortho intramolecular Hbond substituents is 2. The highest BCUT2D eigenvalue weighted by Gasteiger charge is 2.69. The zero-order valence-electron chi connectivity index (χ0n) is 56.8. The topological polar surface area (TPSA) is 114 Å². The lowest BCUT2D eigenvalue weighted by molar-refractivity contribution is -0.192. The van der Waals surface area contributed by atoms with E-state index in [4.69, 9.17) is 4.74 Å². The van der Waals surface area contributed by atoms with Crippen molar-refractivity contribution in [1.29, 1.82) is 0 Å². The molecule has 0 amide bonds. The van der Waals surface area contributed by atoms with E-state index in [9.17, 15) is 20.4 Å². The van der Waals surface area contributed by atoms with E-state index in [0.717, 1.165) is 112 Å². The number of aliphatic hydroxyl groups is 2. The Labute approximate surface area is 605 Å². The lowest BCUT2D eigenvalue weighted by Gasteiger charge is -2.55. The quantitative estimate of drug-likeness (QED) is 0.0592. The number of anilines is 6. The molecule has 0 heterocycles. The Kier molecular flexibility index (Phi) is 18.2. The molecule has 0 aromatic heterocycles. The van der Waals surface area contributed by atoms with Crippen LogP contribution in [-0.2, 0) is 21.6 Å². The maximum atomic E-state index is 15.3. The third kappa shape index (κ3) is 12.6. The average molecular weight is 1350 g/mol. The molecule has 0 bridgehead atoms. The molecule has 1 aliphatic carbocycles. The molecule has 104 heavy (non-hydrogen) atoms. The van der Waals surface area contributed by atoms with Crippen molar-refractivity contribution in [2.75, 3.05) is 9.80 Å². The van der Waals surface area contributed by atoms with Crippen molar-refractivity contribution in [3.63, 3.8) is 0 Å². The van der Waals surface area contributed by atoms with Gasteiger partial charge in [0, 0.05) is 63.3 Å². The number of hydrogen-bond donors (Lipinski definition) is 4. The summed E-state index contributed by atoms with van der Waals surface area (Å²) in [5.74, 6) is -2.74. The molecular weight excluding hydrogens is 1280 g/mol. The molecule has 3 unspecified atom stereocenters. The minimum absolute atomic E-state index is 0.0387. The van der Waals surface area contributed by atoms with Gasteiger partial charge in [0.05, 0.1) is 12.2 Å². The molecule has 8 nitrogen and oxygen atoms in total. The molecule has 502 valence electrons. The van der Waals surface area contributed by atoms with E-state index in [2.05, 4.69) is 211 Å². The van der Waals surface area contributed by atoms with Gasteiger partial charge in [-0.15, -0.1) is 0 Å². The molecule has 4 N–H and O–H groups in total. The van der Waals surface area contributed by atoms with E-state index in [1.54, 1.807) is 30.3 Å². The second-order valence-electron chi connectivity index (χ2n) is 26.3. The van der Waals surface area contributed by atoms with Crippen molar-refractivity contribution in [2.24, 2.45) is 0 Å². The van der Waals surface area contributed by atoms with Gasteiger partial charge in [-0.05, 0) is 155 Å². The fourth-order valence-electron chi connectivity index (χ4n) is 15.1. The summed E-state index contributed by atoms with van der Waals surface area (Å²) in [7, 11) is 0. The highest BCUT2D eigenvalue weighted by atomic mass is 16.5. The molecule has 1 aliphatic rings. The molecule has 8 heteroatoms. The number of phenols is 2. The van der Waals surface area contributed by atoms with Crippen molar-refractivity contribution >= 4 is 40.1 Å². The molecule has 0 spiro atoms. The number of carbonyl (C=O) groups is 1. The van der Waals surface area contributed by atoms with Crippen LogP contribution in [0.1, 0.15) is 22.6 Å². The van der Waals surface area contributed by atoms with E-state index < -0.39 is 29.5 Å². The smallest absolute Gasteiger partial charge is 0.322 e. The predicted octanol–water partition coefficient (Wildman–Crippen LogP) is 22.9. The second kappa shape index (κ2) is 28.9. The van der Waals surface area contributed by atoms with Crippen LogP contribution in [0.15, 0.2) is 382 Å². The van der Waals surface area contributed by atoms with E-state index in [-0.39, 0.29) is 29.2 Å². The Morgan fingerprint density at radius 3 is 0.827 bits per heavy atom. The summed E-state index contributed by atoms with van der Waals surface area (Å²) in [5.41, 5.74) is 20.1. The van der Waals surface area contributed by atoms with Crippen molar-refractivity contribution < 1.29 is 30.0 Å². The Morgan fingerprint density at radius 1 is 0.288 bits per heavy atom. The molecule has 0 radical (unpaired) electrons. The SMILES string of the molecule is O=C(OCc1ccccc1)C1(c2ccc(N(c3ccc(-c4ccccc4-c4ccccc4)cc3)c3ccc(-c4ccccc4-c4ccccc4)cc3)cc2O)C(O)C(c2ccc(N(c3ccc(-c4ccccc4-c4ccccc4)cc3)c3ccc(-c4ccccc4-c4ccccc4)cc3)cc2O)[C@H]1O. The first-order valence-corrected chi connectivity index (χ1v) is 35.0. The minimum Gasteiger partial charge on any atom is -0.508 e. The lowest BCUT2D eigenvalue weighted by Crippen LogP contribution is -2.70. The molecule has 15 aromatic rings. The van der Waals surface area contributed by atoms with E-state index in [1.807, 2.05) is 150 Å². The number of rotatable bonds is 19. The van der Waals surface area contributed by atoms with Gasteiger partial charge < -0.3 is 35.0 Å². The summed E-state index contributed by atoms with van der Waals surface area (Å²) in [6.07, 6.45) is -3.42. The Morgan fingerprint density at radius 2 is 0.538 bits per heavy atom. The van der Waals surface area contributed by atoms with Crippen molar-refractivity contribution in [3.05, 3.63) is 399 Å². The average Bonchev–Trinajstić information content (AvgIpc) is 0.690. The number of aromatic hydroxyl groups is 2. The van der Waals surface area contributed by atoms with Crippen molar-refractivity contribution in [3.8, 4) is 101 Å². The first-order chi connectivity index (χ1) is 51.2. The minimum atomic E-state index is -2.23. The predicted molar refractivity (Wildman–Crippen MR) is 422 cm³/mol. The standard InChI is InChI=1S/C96H72N2O6/c99-90-62-78(97(74-50-42-70(43-51-74)84-38-20-16-34-80(84)66-26-8-2-9-27-66)75-52-44-71(45-53-75)85-39-21-17-35-81(85)67-28-10-3-11-29-67)58-60-88(90)92-93(101)96(94(92)102,95(103)104-64-65-24-6-1-7-25-65)89-61-59-79(63-91(89)100)98(76-54-46-72(47-55-76)86-40-22-18-36-82(86)68-30-12-4-13-31-68)77-56-48-73(49-57-77)87-41-23-19-37-83(87)69-32-14-5-15-33-69/h1-63,92-94,99-102H,64H2/t92?,93-,94?,96?/m1/s1. The van der Waals surface area contributed by atoms with Gasteiger partial charge in [0.2, 0.25) is 0 Å². The third-order valence-electron chi connectivity index (χ3n) is 20.3. The zero-order chi connectivity index (χ0) is 70.5. The van der Waals surface area contributed by atoms with Gasteiger partial charge in [0.15, 0.2) is 0 Å². The molecule has 15 aromatic carbocycles. The maximum Gasteiger partial charge on any atom is 0.322 e. The Hall–Kier alpha value is -13.1. The number of benzene rings is 15. The van der Waals surface area contributed by atoms with Crippen LogP contribution in [0.5, 0.6) is 11.5 Å². The molecule has 1 saturated carbocycles. The summed E-state index contributed by atoms with van der Waals surface area (Å²) in [6, 6.07) is 127. The summed E-state index contributed by atoms with van der Waals surface area (Å²) in [5, 5.41) is 51.4. The zero-order valence-corrected chi connectivity index (χ0v) is 56.8.